The van der Waals surface area contributed by atoms with Crippen LogP contribution in [0.25, 0.3) is 0 Å². The molecule has 1 unspecified atom stereocenters. The molecule has 0 spiro atoms. The predicted octanol–water partition coefficient (Wildman–Crippen LogP) is -0.763. The molecule has 0 fully saturated rings. The normalized spacial score (nSPS) is 14.5. The third-order valence-corrected chi connectivity index (χ3v) is 3.58. The molecule has 22 heavy (non-hydrogen) atoms. The molecule has 0 aromatic heterocycles. The number of carbonyl (C=O) groups excluding carboxylic acids is 1. The van der Waals surface area contributed by atoms with Crippen LogP contribution in [0, 0.1) is 0 Å². The van der Waals surface area contributed by atoms with Crippen LogP contribution >= 0.6 is 8.10 Å². The highest BCUT2D eigenvalue weighted by molar-refractivity contribution is 7.40. The van der Waals surface area contributed by atoms with Gasteiger partial charge in [0.15, 0.2) is 6.23 Å². The van der Waals surface area contributed by atoms with Crippen LogP contribution in [-0.4, -0.2) is 52.0 Å². The molecule has 0 saturated heterocycles. The first-order chi connectivity index (χ1) is 10.3. The highest BCUT2D eigenvalue weighted by atomic mass is 31.1. The quantitative estimate of drug-likeness (QED) is 0.161. The van der Waals surface area contributed by atoms with Crippen LogP contribution in [0.2, 0.25) is 0 Å². The molecule has 3 atom stereocenters. The molecule has 12 heteroatoms. The number of hydrogen-bond acceptors (Lipinski definition) is 6. The number of carbonyl (C=O) groups is 4. The molecular formula is C10H17N2O9P. The molecule has 5 N–H and O–H groups in total. The van der Waals surface area contributed by atoms with Gasteiger partial charge in [-0.05, 0) is 6.42 Å². The van der Waals surface area contributed by atoms with Crippen LogP contribution in [0.5, 0.6) is 0 Å². The van der Waals surface area contributed by atoms with Crippen molar-refractivity contribution in [2.75, 3.05) is 0 Å². The molecule has 0 rings (SSSR count). The fourth-order valence-corrected chi connectivity index (χ4v) is 2.54. The van der Waals surface area contributed by atoms with Crippen molar-refractivity contribution < 1.29 is 43.8 Å². The lowest BCUT2D eigenvalue weighted by molar-refractivity contribution is -0.141. The molecule has 0 aliphatic heterocycles. The van der Waals surface area contributed by atoms with Gasteiger partial charge < -0.3 is 20.1 Å². The second-order valence-corrected chi connectivity index (χ2v) is 5.33. The topological polar surface area (TPSA) is 179 Å². The van der Waals surface area contributed by atoms with Crippen LogP contribution in [0.1, 0.15) is 25.7 Å². The maximum Gasteiger partial charge on any atom is 0.321 e. The van der Waals surface area contributed by atoms with Gasteiger partial charge in [-0.25, -0.2) is 10.2 Å². The molecule has 0 aliphatic rings. The fraction of sp³-hybridized carbons (Fsp3) is 0.600. The van der Waals surface area contributed by atoms with E-state index in [0.29, 0.717) is 0 Å². The lowest BCUT2D eigenvalue weighted by Gasteiger charge is -2.18. The molecule has 126 valence electrons. The zero-order valence-corrected chi connectivity index (χ0v) is 12.4. The van der Waals surface area contributed by atoms with E-state index in [1.165, 1.54) is 0 Å². The Morgan fingerprint density at radius 1 is 1.05 bits per heavy atom. The maximum atomic E-state index is 11.7. The number of carboxylic acids is 3. The van der Waals surface area contributed by atoms with E-state index >= 15 is 0 Å². The molecule has 0 saturated carbocycles. The fourth-order valence-electron chi connectivity index (χ4n) is 1.37. The third-order valence-electron chi connectivity index (χ3n) is 2.38. The van der Waals surface area contributed by atoms with E-state index in [4.69, 9.17) is 15.3 Å². The summed E-state index contributed by atoms with van der Waals surface area (Å²) in [6, 6.07) is -1.37. The molecule has 0 aliphatic carbocycles. The summed E-state index contributed by atoms with van der Waals surface area (Å²) in [5, 5.41) is 30.3. The maximum absolute atomic E-state index is 11.7. The summed E-state index contributed by atoms with van der Waals surface area (Å²) in [7, 11) is -2.95. The molecule has 0 aromatic rings. The van der Waals surface area contributed by atoms with Crippen molar-refractivity contribution in [2.45, 2.75) is 38.0 Å². The van der Waals surface area contributed by atoms with Crippen LogP contribution in [0.3, 0.4) is 0 Å². The highest BCUT2D eigenvalue weighted by Gasteiger charge is 2.22. The van der Waals surface area contributed by atoms with E-state index in [0.717, 1.165) is 0 Å². The third kappa shape index (κ3) is 9.86. The van der Waals surface area contributed by atoms with E-state index in [1.807, 2.05) is 0 Å². The number of hydrogen-bond donors (Lipinski definition) is 5. The number of aliphatic carboxylic acids is 3. The highest BCUT2D eigenvalue weighted by Crippen LogP contribution is 2.16. The van der Waals surface area contributed by atoms with Crippen molar-refractivity contribution >= 4 is 32.5 Å². The van der Waals surface area contributed by atoms with Crippen LogP contribution in [-0.2, 0) is 28.5 Å². The van der Waals surface area contributed by atoms with Gasteiger partial charge in [0.25, 0.3) is 6.47 Å². The lowest BCUT2D eigenvalue weighted by atomic mass is 10.2. The largest absolute Gasteiger partial charge is 0.481 e. The van der Waals surface area contributed by atoms with Crippen molar-refractivity contribution in [3.8, 4) is 0 Å². The minimum atomic E-state index is -2.95. The first-order valence-electron chi connectivity index (χ1n) is 6.08. The summed E-state index contributed by atoms with van der Waals surface area (Å²) in [5.41, 5.74) is 0. The van der Waals surface area contributed by atoms with E-state index < -0.39 is 44.7 Å². The van der Waals surface area contributed by atoms with Crippen LogP contribution < -0.4 is 10.2 Å². The molecule has 0 bridgehead atoms. The predicted molar refractivity (Wildman–Crippen MR) is 71.4 cm³/mol. The Labute approximate surface area is 125 Å². The summed E-state index contributed by atoms with van der Waals surface area (Å²) in [4.78, 5) is 42.0. The molecular weight excluding hydrogens is 323 g/mol. The Kier molecular flexibility index (Phi) is 9.75. The van der Waals surface area contributed by atoms with Gasteiger partial charge in [-0.15, -0.1) is 0 Å². The van der Waals surface area contributed by atoms with Gasteiger partial charge in [-0.3, -0.25) is 23.7 Å². The Morgan fingerprint density at radius 3 is 2.05 bits per heavy atom. The molecule has 0 amide bonds. The van der Waals surface area contributed by atoms with Gasteiger partial charge in [0, 0.05) is 12.8 Å². The Hall–Kier alpha value is -1.97. The van der Waals surface area contributed by atoms with Gasteiger partial charge >= 0.3 is 17.9 Å². The number of nitrogens with one attached hydrogen (secondary N) is 2. The first-order valence-corrected chi connectivity index (χ1v) is 7.49. The molecule has 11 nitrogen and oxygen atoms in total. The average molecular weight is 340 g/mol. The zero-order chi connectivity index (χ0) is 17.1. The van der Waals surface area contributed by atoms with Gasteiger partial charge in [-0.1, -0.05) is 0 Å². The van der Waals surface area contributed by atoms with Crippen LogP contribution in [0.15, 0.2) is 0 Å². The standard InChI is InChI=1S/C10H17N2O9P/c13-5-21-7(2-4-9(16)17)12-22(20)11-6(10(18)19)1-3-8(14)15/h5-7,22H,1-4H2,(H,14,15)(H,16,17)(H,18,19)(H2,11,12,20)/t6-,7+/m0/s1. The van der Waals surface area contributed by atoms with E-state index in [-0.39, 0.29) is 25.7 Å². The summed E-state index contributed by atoms with van der Waals surface area (Å²) in [6.07, 6.45) is -2.42. The monoisotopic (exact) mass is 340 g/mol. The second-order valence-electron chi connectivity index (χ2n) is 4.09. The van der Waals surface area contributed by atoms with Gasteiger partial charge in [-0.2, -0.15) is 0 Å². The number of rotatable bonds is 13. The van der Waals surface area contributed by atoms with Crippen LogP contribution in [0.4, 0.5) is 0 Å². The minimum Gasteiger partial charge on any atom is -0.481 e. The Morgan fingerprint density at radius 2 is 1.59 bits per heavy atom. The van der Waals surface area contributed by atoms with Crippen molar-refractivity contribution in [3.05, 3.63) is 0 Å². The van der Waals surface area contributed by atoms with E-state index in [9.17, 15) is 23.7 Å². The SMILES string of the molecule is O=CO[C@H](CCC(=O)O)N[PH](=O)N[C@@H](CCC(=O)O)C(=O)O. The first kappa shape index (κ1) is 20.0. The second kappa shape index (κ2) is 10.7. The summed E-state index contributed by atoms with van der Waals surface area (Å²) in [5.74, 6) is -3.75. The smallest absolute Gasteiger partial charge is 0.321 e. The van der Waals surface area contributed by atoms with Crippen molar-refractivity contribution in [1.82, 2.24) is 10.2 Å². The molecule has 0 radical (unpaired) electrons. The zero-order valence-electron chi connectivity index (χ0n) is 11.4. The van der Waals surface area contributed by atoms with Gasteiger partial charge in [0.2, 0.25) is 8.10 Å². The number of carboxylic acid groups (broad SMARTS) is 3. The summed E-state index contributed by atoms with van der Waals surface area (Å²) < 4.78 is 16.2. The summed E-state index contributed by atoms with van der Waals surface area (Å²) >= 11 is 0. The van der Waals surface area contributed by atoms with E-state index in [2.05, 4.69) is 14.9 Å². The molecule has 0 aromatic carbocycles. The van der Waals surface area contributed by atoms with Crippen molar-refractivity contribution in [2.24, 2.45) is 0 Å². The van der Waals surface area contributed by atoms with Gasteiger partial charge in [0.05, 0.1) is 6.42 Å². The average Bonchev–Trinajstić information content (AvgIpc) is 2.40. The van der Waals surface area contributed by atoms with Gasteiger partial charge in [0.1, 0.15) is 6.04 Å². The Balaban J connectivity index is 4.49. The number of ether oxygens (including phenoxy) is 1. The Bertz CT molecular complexity index is 442. The lowest BCUT2D eigenvalue weighted by Crippen LogP contribution is -2.37. The minimum absolute atomic E-state index is 0.0355. The molecule has 0 heterocycles. The van der Waals surface area contributed by atoms with E-state index in [1.54, 1.807) is 0 Å². The summed E-state index contributed by atoms with van der Waals surface area (Å²) in [6.45, 7) is 0.0355. The van der Waals surface area contributed by atoms with Crippen molar-refractivity contribution in [1.29, 1.82) is 0 Å². The van der Waals surface area contributed by atoms with Crippen molar-refractivity contribution in [3.63, 3.8) is 0 Å².